The molecule has 1 unspecified atom stereocenters. The van der Waals surface area contributed by atoms with E-state index in [1.54, 1.807) is 0 Å². The molecule has 1 saturated carbocycles. The zero-order valence-corrected chi connectivity index (χ0v) is 17.4. The van der Waals surface area contributed by atoms with Gasteiger partial charge in [-0.25, -0.2) is 4.79 Å². The molecule has 4 aliphatic rings. The molecule has 3 heterocycles. The van der Waals surface area contributed by atoms with E-state index in [4.69, 9.17) is 14.0 Å². The van der Waals surface area contributed by atoms with E-state index in [1.807, 2.05) is 4.90 Å². The van der Waals surface area contributed by atoms with Gasteiger partial charge in [0, 0.05) is 32.8 Å². The van der Waals surface area contributed by atoms with Crippen molar-refractivity contribution in [3.63, 3.8) is 0 Å². The zero-order valence-electron chi connectivity index (χ0n) is 17.4. The average molecular weight is 378 g/mol. The van der Waals surface area contributed by atoms with Crippen molar-refractivity contribution in [3.8, 4) is 0 Å². The summed E-state index contributed by atoms with van der Waals surface area (Å²) < 4.78 is 17.9. The average Bonchev–Trinajstić information content (AvgIpc) is 3.23. The molecule has 3 aliphatic heterocycles. The molecule has 0 aromatic carbocycles. The van der Waals surface area contributed by atoms with Crippen molar-refractivity contribution in [3.05, 3.63) is 0 Å². The lowest BCUT2D eigenvalue weighted by Crippen LogP contribution is -2.46. The van der Waals surface area contributed by atoms with Crippen LogP contribution in [0.2, 0.25) is 5.82 Å². The fourth-order valence-corrected chi connectivity index (χ4v) is 4.89. The fourth-order valence-electron chi connectivity index (χ4n) is 4.89. The number of hydrogen-bond acceptors (Lipinski definition) is 4. The molecular formula is C20H35BN2O4. The third-order valence-corrected chi connectivity index (χ3v) is 7.83. The molecule has 1 spiro atoms. The highest BCUT2D eigenvalue weighted by Gasteiger charge is 2.55. The predicted molar refractivity (Wildman–Crippen MR) is 105 cm³/mol. The van der Waals surface area contributed by atoms with Gasteiger partial charge in [-0.05, 0) is 76.9 Å². The van der Waals surface area contributed by atoms with Crippen LogP contribution in [0.3, 0.4) is 0 Å². The second-order valence-corrected chi connectivity index (χ2v) is 10.0. The summed E-state index contributed by atoms with van der Waals surface area (Å²) in [5.41, 5.74) is -0.0948. The number of nitrogens with one attached hydrogen (secondary N) is 1. The highest BCUT2D eigenvalue weighted by molar-refractivity contribution is 6.47. The summed E-state index contributed by atoms with van der Waals surface area (Å²) in [5.74, 6) is 1.01. The Morgan fingerprint density at radius 2 is 1.67 bits per heavy atom. The first-order chi connectivity index (χ1) is 12.7. The molecule has 0 aromatic rings. The first-order valence-corrected chi connectivity index (χ1v) is 10.7. The normalized spacial score (nSPS) is 31.9. The summed E-state index contributed by atoms with van der Waals surface area (Å²) in [5, 5.41) is 3.18. The Bertz CT molecular complexity index is 552. The molecule has 6 nitrogen and oxygen atoms in total. The number of nitrogens with zero attached hydrogens (tertiary/aromatic N) is 1. The Balaban J connectivity index is 1.20. The molecular weight excluding hydrogens is 343 g/mol. The van der Waals surface area contributed by atoms with Crippen LogP contribution in [-0.2, 0) is 14.0 Å². The van der Waals surface area contributed by atoms with Crippen molar-refractivity contribution in [2.75, 3.05) is 32.8 Å². The monoisotopic (exact) mass is 378 g/mol. The van der Waals surface area contributed by atoms with E-state index in [9.17, 15) is 4.79 Å². The van der Waals surface area contributed by atoms with Gasteiger partial charge in [0.1, 0.15) is 0 Å². The van der Waals surface area contributed by atoms with Gasteiger partial charge in [0.2, 0.25) is 0 Å². The third-order valence-electron chi connectivity index (χ3n) is 7.83. The molecule has 3 saturated heterocycles. The van der Waals surface area contributed by atoms with E-state index in [0.717, 1.165) is 58.5 Å². The second kappa shape index (κ2) is 6.92. The summed E-state index contributed by atoms with van der Waals surface area (Å²) in [6, 6.07) is 0.0940. The number of carbonyl (C=O) groups is 1. The summed E-state index contributed by atoms with van der Waals surface area (Å²) in [6.45, 7) is 12.5. The number of piperidine rings is 1. The molecule has 7 heteroatoms. The molecule has 0 bridgehead atoms. The number of ether oxygens (including phenoxy) is 1. The van der Waals surface area contributed by atoms with Crippen LogP contribution in [0, 0.1) is 11.3 Å². The van der Waals surface area contributed by atoms with Gasteiger partial charge in [-0.2, -0.15) is 0 Å². The molecule has 27 heavy (non-hydrogen) atoms. The lowest BCUT2D eigenvalue weighted by molar-refractivity contribution is 0.00578. The number of hydrogen-bond donors (Lipinski definition) is 1. The van der Waals surface area contributed by atoms with E-state index in [2.05, 4.69) is 33.0 Å². The fraction of sp³-hybridized carbons (Fsp3) is 0.950. The Morgan fingerprint density at radius 1 is 1.07 bits per heavy atom. The van der Waals surface area contributed by atoms with Crippen LogP contribution in [0.4, 0.5) is 4.79 Å². The van der Waals surface area contributed by atoms with Crippen LogP contribution in [0.5, 0.6) is 0 Å². The number of urea groups is 1. The lowest BCUT2D eigenvalue weighted by Gasteiger charge is -2.33. The van der Waals surface area contributed by atoms with E-state index < -0.39 is 0 Å². The maximum absolute atomic E-state index is 12.6. The van der Waals surface area contributed by atoms with Gasteiger partial charge in [-0.1, -0.05) is 0 Å². The van der Waals surface area contributed by atoms with Gasteiger partial charge in [0.05, 0.1) is 11.2 Å². The topological polar surface area (TPSA) is 60.0 Å². The third kappa shape index (κ3) is 3.75. The largest absolute Gasteiger partial charge is 0.461 e. The van der Waals surface area contributed by atoms with E-state index >= 15 is 0 Å². The molecule has 4 rings (SSSR count). The minimum atomic E-state index is -0.281. The number of amides is 2. The van der Waals surface area contributed by atoms with Crippen molar-refractivity contribution in [2.45, 2.75) is 76.8 Å². The van der Waals surface area contributed by atoms with Crippen LogP contribution in [0.1, 0.15) is 59.8 Å². The van der Waals surface area contributed by atoms with Crippen LogP contribution < -0.4 is 5.32 Å². The van der Waals surface area contributed by atoms with Crippen molar-refractivity contribution in [1.29, 1.82) is 0 Å². The summed E-state index contributed by atoms with van der Waals surface area (Å²) >= 11 is 0. The van der Waals surface area contributed by atoms with E-state index in [1.165, 1.54) is 6.42 Å². The molecule has 4 fully saturated rings. The molecule has 152 valence electrons. The molecule has 0 radical (unpaired) electrons. The summed E-state index contributed by atoms with van der Waals surface area (Å²) in [6.07, 6.45) is 5.45. The standard InChI is InChI=1S/C20H35BN2O4/c1-18(2)19(3,4)27-21(26-18)16-5-9-23(10-6-16)17(24)22-14-15-13-20(15)7-11-25-12-8-20/h15-16H,5-14H2,1-4H3,(H,22,24). The maximum Gasteiger partial charge on any atom is 0.461 e. The van der Waals surface area contributed by atoms with Crippen molar-refractivity contribution < 1.29 is 18.8 Å². The van der Waals surface area contributed by atoms with Crippen LogP contribution in [0.25, 0.3) is 0 Å². The second-order valence-electron chi connectivity index (χ2n) is 10.0. The van der Waals surface area contributed by atoms with Gasteiger partial charge < -0.3 is 24.3 Å². The Morgan fingerprint density at radius 3 is 2.26 bits per heavy atom. The summed E-state index contributed by atoms with van der Waals surface area (Å²) in [7, 11) is -0.153. The highest BCUT2D eigenvalue weighted by Crippen LogP contribution is 2.58. The summed E-state index contributed by atoms with van der Waals surface area (Å²) in [4.78, 5) is 14.5. The first-order valence-electron chi connectivity index (χ1n) is 10.7. The number of carbonyl (C=O) groups excluding carboxylic acids is 1. The molecule has 1 N–H and O–H groups in total. The van der Waals surface area contributed by atoms with Gasteiger partial charge in [0.25, 0.3) is 0 Å². The van der Waals surface area contributed by atoms with E-state index in [-0.39, 0.29) is 24.4 Å². The quantitative estimate of drug-likeness (QED) is 0.767. The molecule has 1 aliphatic carbocycles. The van der Waals surface area contributed by atoms with Crippen molar-refractivity contribution in [1.82, 2.24) is 10.2 Å². The minimum absolute atomic E-state index is 0.0940. The van der Waals surface area contributed by atoms with Crippen LogP contribution >= 0.6 is 0 Å². The van der Waals surface area contributed by atoms with Gasteiger partial charge in [0.15, 0.2) is 0 Å². The zero-order chi connectivity index (χ0) is 19.3. The SMILES string of the molecule is CC1(C)OB(C2CCN(C(=O)NCC3CC34CCOCC4)CC2)OC1(C)C. The first kappa shape index (κ1) is 19.5. The maximum atomic E-state index is 12.6. The number of likely N-dealkylation sites (tertiary alicyclic amines) is 1. The highest BCUT2D eigenvalue weighted by atomic mass is 16.7. The Kier molecular flexibility index (Phi) is 5.01. The lowest BCUT2D eigenvalue weighted by atomic mass is 9.67. The smallest absolute Gasteiger partial charge is 0.403 e. The molecule has 0 aromatic heterocycles. The molecule has 1 atom stereocenters. The van der Waals surface area contributed by atoms with E-state index in [0.29, 0.717) is 17.2 Å². The van der Waals surface area contributed by atoms with Crippen LogP contribution in [0.15, 0.2) is 0 Å². The molecule has 2 amide bonds. The van der Waals surface area contributed by atoms with Crippen LogP contribution in [-0.4, -0.2) is 62.1 Å². The Hall–Kier alpha value is -0.785. The van der Waals surface area contributed by atoms with Gasteiger partial charge in [-0.15, -0.1) is 0 Å². The van der Waals surface area contributed by atoms with Gasteiger partial charge >= 0.3 is 13.1 Å². The predicted octanol–water partition coefficient (Wildman–Crippen LogP) is 3.07. The van der Waals surface area contributed by atoms with Crippen molar-refractivity contribution >= 4 is 13.1 Å². The minimum Gasteiger partial charge on any atom is -0.403 e. The van der Waals surface area contributed by atoms with Crippen molar-refractivity contribution in [2.24, 2.45) is 11.3 Å². The number of rotatable bonds is 3. The Labute approximate surface area is 163 Å². The van der Waals surface area contributed by atoms with Gasteiger partial charge in [-0.3, -0.25) is 0 Å².